The molecule has 0 aromatic heterocycles. The highest BCUT2D eigenvalue weighted by atomic mass is 16.2. The first kappa shape index (κ1) is 12.7. The third-order valence-electron chi connectivity index (χ3n) is 3.76. The van der Waals surface area contributed by atoms with Gasteiger partial charge in [-0.15, -0.1) is 0 Å². The molecule has 2 aromatic rings. The first-order valence-corrected chi connectivity index (χ1v) is 6.82. The molecule has 20 heavy (non-hydrogen) atoms. The fourth-order valence-electron chi connectivity index (χ4n) is 2.69. The lowest BCUT2D eigenvalue weighted by Gasteiger charge is -2.27. The number of nitrogens with two attached hydrogens (primary N) is 1. The summed E-state index contributed by atoms with van der Waals surface area (Å²) in [6.45, 7) is 2.50. The van der Waals surface area contributed by atoms with Crippen molar-refractivity contribution < 1.29 is 9.59 Å². The van der Waals surface area contributed by atoms with Crippen molar-refractivity contribution in [2.24, 2.45) is 0 Å². The monoisotopic (exact) mass is 268 g/mol. The van der Waals surface area contributed by atoms with Gasteiger partial charge in [-0.25, -0.2) is 0 Å². The summed E-state index contributed by atoms with van der Waals surface area (Å²) in [6.07, 6.45) is 1.76. The van der Waals surface area contributed by atoms with Crippen molar-refractivity contribution in [2.45, 2.75) is 19.8 Å². The number of unbranched alkanes of at least 4 members (excludes halogenated alkanes) is 1. The minimum atomic E-state index is -0.216. The summed E-state index contributed by atoms with van der Waals surface area (Å²) in [6, 6.07) is 8.87. The van der Waals surface area contributed by atoms with E-state index in [-0.39, 0.29) is 11.8 Å². The van der Waals surface area contributed by atoms with Crippen LogP contribution in [-0.4, -0.2) is 23.3 Å². The van der Waals surface area contributed by atoms with Gasteiger partial charge in [-0.2, -0.15) is 0 Å². The molecule has 102 valence electrons. The van der Waals surface area contributed by atoms with Crippen LogP contribution >= 0.6 is 0 Å². The average molecular weight is 268 g/mol. The first-order valence-electron chi connectivity index (χ1n) is 6.82. The Labute approximate surface area is 117 Å². The lowest BCUT2D eigenvalue weighted by Crippen LogP contribution is -2.40. The average Bonchev–Trinajstić information content (AvgIpc) is 2.46. The summed E-state index contributed by atoms with van der Waals surface area (Å²) >= 11 is 0. The van der Waals surface area contributed by atoms with Gasteiger partial charge in [0, 0.05) is 34.1 Å². The number of benzene rings is 2. The highest BCUT2D eigenvalue weighted by Gasteiger charge is 2.32. The van der Waals surface area contributed by atoms with Crippen LogP contribution in [-0.2, 0) is 0 Å². The van der Waals surface area contributed by atoms with Crippen LogP contribution in [0.3, 0.4) is 0 Å². The van der Waals surface area contributed by atoms with E-state index < -0.39 is 0 Å². The fourth-order valence-corrected chi connectivity index (χ4v) is 2.69. The molecule has 0 radical (unpaired) electrons. The van der Waals surface area contributed by atoms with Crippen molar-refractivity contribution in [2.75, 3.05) is 12.3 Å². The van der Waals surface area contributed by atoms with Gasteiger partial charge in [-0.1, -0.05) is 25.5 Å². The summed E-state index contributed by atoms with van der Waals surface area (Å²) < 4.78 is 0. The van der Waals surface area contributed by atoms with Gasteiger partial charge in [0.15, 0.2) is 0 Å². The van der Waals surface area contributed by atoms with Crippen molar-refractivity contribution >= 4 is 28.3 Å². The zero-order valence-electron chi connectivity index (χ0n) is 11.3. The van der Waals surface area contributed by atoms with E-state index in [0.717, 1.165) is 18.2 Å². The Morgan fingerprint density at radius 3 is 2.45 bits per heavy atom. The number of imide groups is 1. The van der Waals surface area contributed by atoms with Gasteiger partial charge >= 0.3 is 0 Å². The Morgan fingerprint density at radius 2 is 1.75 bits per heavy atom. The molecule has 3 rings (SSSR count). The smallest absolute Gasteiger partial charge is 0.261 e. The quantitative estimate of drug-likeness (QED) is 0.687. The number of carbonyl (C=O) groups excluding carboxylic acids is 2. The molecule has 1 aliphatic heterocycles. The maximum Gasteiger partial charge on any atom is 0.261 e. The molecule has 0 fully saturated rings. The molecule has 0 atom stereocenters. The Hall–Kier alpha value is -2.36. The molecule has 0 spiro atoms. The predicted molar refractivity (Wildman–Crippen MR) is 78.6 cm³/mol. The highest BCUT2D eigenvalue weighted by Crippen LogP contribution is 2.33. The zero-order chi connectivity index (χ0) is 14.3. The largest absolute Gasteiger partial charge is 0.398 e. The number of nitrogens with zero attached hydrogens (tertiary/aromatic N) is 1. The van der Waals surface area contributed by atoms with Crippen LogP contribution in [0.15, 0.2) is 30.3 Å². The Morgan fingerprint density at radius 1 is 1.05 bits per heavy atom. The molecular weight excluding hydrogens is 252 g/mol. The molecule has 0 saturated heterocycles. The summed E-state index contributed by atoms with van der Waals surface area (Å²) in [4.78, 5) is 26.3. The molecule has 2 aromatic carbocycles. The summed E-state index contributed by atoms with van der Waals surface area (Å²) in [5, 5.41) is 1.46. The van der Waals surface area contributed by atoms with Crippen molar-refractivity contribution in [3.05, 3.63) is 41.5 Å². The van der Waals surface area contributed by atoms with E-state index in [1.807, 2.05) is 19.1 Å². The number of hydrogen-bond donors (Lipinski definition) is 1. The van der Waals surface area contributed by atoms with E-state index >= 15 is 0 Å². The second-order valence-electron chi connectivity index (χ2n) is 5.05. The van der Waals surface area contributed by atoms with Gasteiger partial charge in [-0.3, -0.25) is 14.5 Å². The van der Waals surface area contributed by atoms with E-state index in [9.17, 15) is 9.59 Å². The van der Waals surface area contributed by atoms with Crippen molar-refractivity contribution in [1.29, 1.82) is 0 Å². The number of carbonyl (C=O) groups is 2. The fraction of sp³-hybridized carbons (Fsp3) is 0.250. The third kappa shape index (κ3) is 1.68. The topological polar surface area (TPSA) is 63.4 Å². The van der Waals surface area contributed by atoms with Crippen LogP contribution in [0.5, 0.6) is 0 Å². The van der Waals surface area contributed by atoms with E-state index in [4.69, 9.17) is 5.73 Å². The number of anilines is 1. The number of amides is 2. The van der Waals surface area contributed by atoms with Crippen molar-refractivity contribution in [3.8, 4) is 0 Å². The molecule has 0 saturated carbocycles. The molecule has 1 heterocycles. The molecule has 4 nitrogen and oxygen atoms in total. The molecule has 0 bridgehead atoms. The molecule has 0 aliphatic carbocycles. The second-order valence-corrected chi connectivity index (χ2v) is 5.05. The van der Waals surface area contributed by atoms with Crippen LogP contribution in [0, 0.1) is 0 Å². The maximum atomic E-state index is 12.5. The molecule has 1 aliphatic rings. The van der Waals surface area contributed by atoms with E-state index in [2.05, 4.69) is 0 Å². The Balaban J connectivity index is 2.23. The minimum absolute atomic E-state index is 0.216. The van der Waals surface area contributed by atoms with Gasteiger partial charge in [-0.05, 0) is 24.6 Å². The Bertz CT molecular complexity index is 699. The van der Waals surface area contributed by atoms with Crippen LogP contribution in [0.25, 0.3) is 10.8 Å². The number of nitrogen functional groups attached to an aromatic ring is 1. The molecule has 4 heteroatoms. The second kappa shape index (κ2) is 4.63. The zero-order valence-corrected chi connectivity index (χ0v) is 11.3. The van der Waals surface area contributed by atoms with E-state index in [1.165, 1.54) is 4.90 Å². The standard InChI is InChI=1S/C16H16N2O2/c1-2-3-9-18-15(19)11-6-4-5-10-13(17)8-7-12(14(10)11)16(18)20/h4-8H,2-3,9,17H2,1H3. The first-order chi connectivity index (χ1) is 9.65. The third-order valence-corrected chi connectivity index (χ3v) is 3.76. The summed E-state index contributed by atoms with van der Waals surface area (Å²) in [7, 11) is 0. The SMILES string of the molecule is CCCCN1C(=O)c2cccc3c(N)ccc(c23)C1=O. The van der Waals surface area contributed by atoms with Crippen LogP contribution in [0.1, 0.15) is 40.5 Å². The Kier molecular flexibility index (Phi) is 2.93. The van der Waals surface area contributed by atoms with Gasteiger partial charge < -0.3 is 5.73 Å². The minimum Gasteiger partial charge on any atom is -0.398 e. The lowest BCUT2D eigenvalue weighted by molar-refractivity contribution is 0.0608. The highest BCUT2D eigenvalue weighted by molar-refractivity contribution is 6.26. The van der Waals surface area contributed by atoms with E-state index in [1.54, 1.807) is 18.2 Å². The summed E-state index contributed by atoms with van der Waals surface area (Å²) in [5.74, 6) is -0.431. The van der Waals surface area contributed by atoms with Gasteiger partial charge in [0.1, 0.15) is 0 Å². The molecule has 0 unspecified atom stereocenters. The van der Waals surface area contributed by atoms with Crippen molar-refractivity contribution in [3.63, 3.8) is 0 Å². The molecular formula is C16H16N2O2. The number of rotatable bonds is 3. The van der Waals surface area contributed by atoms with Crippen LogP contribution in [0.2, 0.25) is 0 Å². The van der Waals surface area contributed by atoms with Gasteiger partial charge in [0.05, 0.1) is 0 Å². The van der Waals surface area contributed by atoms with E-state index in [0.29, 0.717) is 28.7 Å². The molecule has 2 amide bonds. The van der Waals surface area contributed by atoms with Crippen LogP contribution in [0.4, 0.5) is 5.69 Å². The predicted octanol–water partition coefficient (Wildman–Crippen LogP) is 2.82. The normalized spacial score (nSPS) is 14.2. The maximum absolute atomic E-state index is 12.5. The summed E-state index contributed by atoms with van der Waals surface area (Å²) in [5.41, 5.74) is 7.67. The van der Waals surface area contributed by atoms with Crippen LogP contribution < -0.4 is 5.73 Å². The number of hydrogen-bond acceptors (Lipinski definition) is 3. The van der Waals surface area contributed by atoms with Crippen molar-refractivity contribution in [1.82, 2.24) is 4.90 Å². The van der Waals surface area contributed by atoms with Gasteiger partial charge in [0.2, 0.25) is 0 Å². The molecule has 2 N–H and O–H groups in total. The van der Waals surface area contributed by atoms with Gasteiger partial charge in [0.25, 0.3) is 11.8 Å². The lowest BCUT2D eigenvalue weighted by atomic mass is 9.93.